The molecule has 2 aromatic rings. The molecule has 0 saturated heterocycles. The smallest absolute Gasteiger partial charge is 0.188 e. The number of nitrogens with two attached hydrogens (primary N) is 1. The Labute approximate surface area is 127 Å². The number of Topliss-reactive ketones (excluding diaryl/α,β-unsaturated/α-hetero) is 2. The van der Waals surface area contributed by atoms with Crippen LogP contribution in [-0.4, -0.2) is 17.6 Å². The van der Waals surface area contributed by atoms with Gasteiger partial charge in [0, 0.05) is 11.1 Å². The maximum Gasteiger partial charge on any atom is 0.188 e. The Morgan fingerprint density at radius 1 is 1.00 bits per heavy atom. The topological polar surface area (TPSA) is 69.4 Å². The molecule has 1 unspecified atom stereocenters. The number of rotatable bonds is 3. The van der Waals surface area contributed by atoms with Crippen molar-refractivity contribution in [1.82, 2.24) is 0 Å². The summed E-state index contributed by atoms with van der Waals surface area (Å²) < 4.78 is 4.89. The van der Waals surface area contributed by atoms with Crippen molar-refractivity contribution in [2.75, 3.05) is 0 Å². The van der Waals surface area contributed by atoms with E-state index in [9.17, 15) is 9.59 Å². The Morgan fingerprint density at radius 3 is 2.48 bits per heavy atom. The van der Waals surface area contributed by atoms with E-state index in [-0.39, 0.29) is 11.6 Å². The van der Waals surface area contributed by atoms with Gasteiger partial charge in [0.1, 0.15) is 6.04 Å². The van der Waals surface area contributed by atoms with Crippen molar-refractivity contribution in [1.29, 1.82) is 0 Å². The van der Waals surface area contributed by atoms with E-state index in [1.165, 1.54) is 0 Å². The Bertz CT molecular complexity index is 742. The molecule has 106 valence electrons. The molecule has 1 aliphatic rings. The first kappa shape index (κ1) is 14.0. The van der Waals surface area contributed by atoms with Crippen molar-refractivity contribution in [3.05, 3.63) is 59.2 Å². The van der Waals surface area contributed by atoms with Crippen molar-refractivity contribution in [3.8, 4) is 11.1 Å². The van der Waals surface area contributed by atoms with E-state index in [0.717, 1.165) is 16.7 Å². The zero-order valence-electron chi connectivity index (χ0n) is 11.1. The fourth-order valence-electron chi connectivity index (χ4n) is 2.58. The molecule has 0 spiro atoms. The summed E-state index contributed by atoms with van der Waals surface area (Å²) in [6.07, 6.45) is 0. The molecule has 21 heavy (non-hydrogen) atoms. The lowest BCUT2D eigenvalue weighted by molar-refractivity contribution is 0.0893. The van der Waals surface area contributed by atoms with Crippen molar-refractivity contribution < 1.29 is 13.8 Å². The molecule has 3 rings (SSSR count). The van der Waals surface area contributed by atoms with Gasteiger partial charge in [0.2, 0.25) is 0 Å². The monoisotopic (exact) mass is 299 g/mol. The van der Waals surface area contributed by atoms with Crippen LogP contribution in [0.5, 0.6) is 0 Å². The Morgan fingerprint density at radius 2 is 1.71 bits per heavy atom. The van der Waals surface area contributed by atoms with Crippen molar-refractivity contribution in [2.24, 2.45) is 5.73 Å². The predicted octanol–water partition coefficient (Wildman–Crippen LogP) is 2.42. The summed E-state index contributed by atoms with van der Waals surface area (Å²) in [5.41, 5.74) is 9.15. The fourth-order valence-corrected chi connectivity index (χ4v) is 2.72. The number of ketones is 2. The molecular weight excluding hydrogens is 286 g/mol. The molecule has 0 heterocycles. The Kier molecular flexibility index (Phi) is 3.63. The number of carbonyl (C=O) groups is 2. The fraction of sp³-hybridized carbons (Fsp3) is 0.125. The Balaban J connectivity index is 2.11. The molecule has 1 atom stereocenters. The maximum atomic E-state index is 12.0. The average molecular weight is 299 g/mol. The molecule has 2 aromatic carbocycles. The molecule has 1 aliphatic carbocycles. The maximum absolute atomic E-state index is 12.0. The molecule has 5 heteroatoms. The lowest BCUT2D eigenvalue weighted by atomic mass is 9.96. The molecular formula is C16H13NO3S. The standard InChI is InChI=1S/C16H13NO3S/c17-14-15(18)12-6-5-9(7-13(12)16(14)19)11-4-2-1-3-10(11)8-20-21/h1-7,14,21H,8,17H2. The lowest BCUT2D eigenvalue weighted by Gasteiger charge is -2.09. The number of thiol groups is 1. The second kappa shape index (κ2) is 5.44. The molecule has 4 nitrogen and oxygen atoms in total. The summed E-state index contributed by atoms with van der Waals surface area (Å²) in [6, 6.07) is 11.8. The Hall–Kier alpha value is -1.95. The number of hydrogen-bond acceptors (Lipinski definition) is 5. The van der Waals surface area contributed by atoms with Gasteiger partial charge in [-0.05, 0) is 41.7 Å². The molecule has 2 N–H and O–H groups in total. The van der Waals surface area contributed by atoms with Crippen LogP contribution in [0, 0.1) is 0 Å². The number of fused-ring (bicyclic) bond motifs is 1. The molecule has 0 aliphatic heterocycles. The van der Waals surface area contributed by atoms with Gasteiger partial charge in [-0.1, -0.05) is 30.3 Å². The van der Waals surface area contributed by atoms with Gasteiger partial charge in [-0.2, -0.15) is 0 Å². The second-order valence-corrected chi connectivity index (χ2v) is 5.16. The molecule has 0 bridgehead atoms. The highest BCUT2D eigenvalue weighted by Crippen LogP contribution is 2.30. The SMILES string of the molecule is NC1C(=O)c2ccc(-c3ccccc3COS)cc2C1=O. The first-order valence-corrected chi connectivity index (χ1v) is 6.82. The summed E-state index contributed by atoms with van der Waals surface area (Å²) in [5, 5.41) is 0. The van der Waals surface area contributed by atoms with E-state index >= 15 is 0 Å². The average Bonchev–Trinajstić information content (AvgIpc) is 2.73. The van der Waals surface area contributed by atoms with Crippen LogP contribution in [0.1, 0.15) is 26.3 Å². The molecule has 0 saturated carbocycles. The molecule has 0 amide bonds. The van der Waals surface area contributed by atoms with Crippen LogP contribution >= 0.6 is 12.9 Å². The van der Waals surface area contributed by atoms with Gasteiger partial charge in [-0.25, -0.2) is 0 Å². The van der Waals surface area contributed by atoms with E-state index in [4.69, 9.17) is 9.92 Å². The largest absolute Gasteiger partial charge is 0.315 e. The summed E-state index contributed by atoms with van der Waals surface area (Å²) >= 11 is 3.78. The van der Waals surface area contributed by atoms with Crippen LogP contribution < -0.4 is 5.73 Å². The lowest BCUT2D eigenvalue weighted by Crippen LogP contribution is -2.31. The minimum atomic E-state index is -1.06. The van der Waals surface area contributed by atoms with E-state index in [1.54, 1.807) is 12.1 Å². The summed E-state index contributed by atoms with van der Waals surface area (Å²) in [4.78, 5) is 23.9. The highest BCUT2D eigenvalue weighted by atomic mass is 32.1. The normalized spacial score (nSPS) is 17.1. The van der Waals surface area contributed by atoms with Gasteiger partial charge < -0.3 is 9.92 Å². The van der Waals surface area contributed by atoms with Gasteiger partial charge >= 0.3 is 0 Å². The predicted molar refractivity (Wildman–Crippen MR) is 82.3 cm³/mol. The van der Waals surface area contributed by atoms with Gasteiger partial charge in [-0.3, -0.25) is 9.59 Å². The van der Waals surface area contributed by atoms with Gasteiger partial charge in [0.05, 0.1) is 6.61 Å². The van der Waals surface area contributed by atoms with Crippen LogP contribution in [0.4, 0.5) is 0 Å². The zero-order chi connectivity index (χ0) is 15.0. The van der Waals surface area contributed by atoms with Gasteiger partial charge in [0.25, 0.3) is 0 Å². The quantitative estimate of drug-likeness (QED) is 0.519. The number of hydrogen-bond donors (Lipinski definition) is 2. The molecule has 0 radical (unpaired) electrons. The third-order valence-corrected chi connectivity index (χ3v) is 3.79. The van der Waals surface area contributed by atoms with E-state index in [2.05, 4.69) is 12.9 Å². The summed E-state index contributed by atoms with van der Waals surface area (Å²) in [7, 11) is 0. The van der Waals surface area contributed by atoms with Crippen molar-refractivity contribution in [3.63, 3.8) is 0 Å². The van der Waals surface area contributed by atoms with Crippen LogP contribution in [0.3, 0.4) is 0 Å². The van der Waals surface area contributed by atoms with Crippen LogP contribution in [0.15, 0.2) is 42.5 Å². The third-order valence-electron chi connectivity index (χ3n) is 3.66. The molecule has 0 fully saturated rings. The summed E-state index contributed by atoms with van der Waals surface area (Å²) in [6.45, 7) is 0.350. The van der Waals surface area contributed by atoms with Crippen LogP contribution in [-0.2, 0) is 10.8 Å². The highest BCUT2D eigenvalue weighted by Gasteiger charge is 2.35. The second-order valence-electron chi connectivity index (χ2n) is 4.90. The van der Waals surface area contributed by atoms with E-state index in [1.807, 2.05) is 30.3 Å². The van der Waals surface area contributed by atoms with Crippen LogP contribution in [0.25, 0.3) is 11.1 Å². The zero-order valence-corrected chi connectivity index (χ0v) is 12.0. The first-order valence-electron chi connectivity index (χ1n) is 6.46. The number of benzene rings is 2. The first-order chi connectivity index (χ1) is 10.1. The highest BCUT2D eigenvalue weighted by molar-refractivity contribution is 7.75. The summed E-state index contributed by atoms with van der Waals surface area (Å²) in [5.74, 6) is -0.631. The van der Waals surface area contributed by atoms with Crippen LogP contribution in [0.2, 0.25) is 0 Å². The van der Waals surface area contributed by atoms with Gasteiger partial charge in [-0.15, -0.1) is 0 Å². The van der Waals surface area contributed by atoms with E-state index < -0.39 is 6.04 Å². The van der Waals surface area contributed by atoms with Crippen molar-refractivity contribution in [2.45, 2.75) is 12.6 Å². The van der Waals surface area contributed by atoms with E-state index in [0.29, 0.717) is 17.7 Å². The third kappa shape index (κ3) is 2.29. The number of carbonyl (C=O) groups excluding carboxylic acids is 2. The minimum absolute atomic E-state index is 0.312. The molecule has 0 aromatic heterocycles. The minimum Gasteiger partial charge on any atom is -0.315 e. The van der Waals surface area contributed by atoms with Crippen molar-refractivity contribution >= 4 is 24.5 Å². The van der Waals surface area contributed by atoms with Gasteiger partial charge in [0.15, 0.2) is 11.6 Å².